The number of esters is 3. The third-order valence-corrected chi connectivity index (χ3v) is 9.71. The molecule has 0 amide bonds. The van der Waals surface area contributed by atoms with E-state index in [1.165, 1.54) is 64.2 Å². The lowest BCUT2D eigenvalue weighted by molar-refractivity contribution is -0.167. The molecule has 334 valence electrons. The van der Waals surface area contributed by atoms with Gasteiger partial charge in [-0.3, -0.25) is 14.4 Å². The molecule has 0 aromatic carbocycles. The Balaban J connectivity index is 4.49. The fraction of sp³-hybridized carbons (Fsp3) is 0.642. The molecular formula is C53H86O6. The van der Waals surface area contributed by atoms with Crippen molar-refractivity contribution in [3.63, 3.8) is 0 Å². The number of carbonyl (C=O) groups excluding carboxylic acids is 3. The standard InChI is InChI=1S/C53H86O6/c1-4-7-10-13-16-19-22-25-26-29-31-34-37-40-43-46-52(55)58-49-50(59-53(56)47-44-41-38-35-32-28-24-21-18-15-12-9-6-3)48-57-51(54)45-42-39-36-33-30-27-23-20-17-14-11-8-5-2/h8-9,11-12,14-15,17-24,28,32,50H,4-7,10,13,16,25-27,29-31,33-49H2,1-3H3/b11-8+,12-9+,17-14+,18-15+,22-19+,23-20+,24-21+,32-28+. The molecule has 6 nitrogen and oxygen atoms in total. The third kappa shape index (κ3) is 45.3. The second-order valence-electron chi connectivity index (χ2n) is 15.4. The van der Waals surface area contributed by atoms with Crippen LogP contribution in [0.25, 0.3) is 0 Å². The first kappa shape index (κ1) is 55.3. The molecule has 6 heteroatoms. The van der Waals surface area contributed by atoms with Crippen LogP contribution in [0.4, 0.5) is 0 Å². The van der Waals surface area contributed by atoms with Crippen molar-refractivity contribution < 1.29 is 28.6 Å². The summed E-state index contributed by atoms with van der Waals surface area (Å²) >= 11 is 0. The summed E-state index contributed by atoms with van der Waals surface area (Å²) < 4.78 is 16.7. The molecule has 0 aliphatic heterocycles. The number of carbonyl (C=O) groups is 3. The normalized spacial score (nSPS) is 12.9. The summed E-state index contributed by atoms with van der Waals surface area (Å²) in [5.41, 5.74) is 0. The summed E-state index contributed by atoms with van der Waals surface area (Å²) in [5.74, 6) is -0.977. The van der Waals surface area contributed by atoms with Gasteiger partial charge >= 0.3 is 17.9 Å². The third-order valence-electron chi connectivity index (χ3n) is 9.71. The molecule has 0 radical (unpaired) electrons. The first-order valence-electron chi connectivity index (χ1n) is 23.8. The Labute approximate surface area is 362 Å². The summed E-state index contributed by atoms with van der Waals surface area (Å²) in [5, 5.41) is 0. The number of allylic oxidation sites excluding steroid dienone is 16. The molecule has 0 fully saturated rings. The van der Waals surface area contributed by atoms with Crippen molar-refractivity contribution in [2.24, 2.45) is 0 Å². The smallest absolute Gasteiger partial charge is 0.306 e. The maximum atomic E-state index is 12.7. The molecule has 0 N–H and O–H groups in total. The van der Waals surface area contributed by atoms with Gasteiger partial charge < -0.3 is 14.2 Å². The molecule has 0 aromatic heterocycles. The minimum absolute atomic E-state index is 0.104. The molecule has 0 aromatic rings. The van der Waals surface area contributed by atoms with E-state index in [-0.39, 0.29) is 37.5 Å². The molecular weight excluding hydrogens is 733 g/mol. The Morgan fingerprint density at radius 3 is 1.10 bits per heavy atom. The van der Waals surface area contributed by atoms with Gasteiger partial charge in [-0.15, -0.1) is 0 Å². The lowest BCUT2D eigenvalue weighted by Gasteiger charge is -2.18. The lowest BCUT2D eigenvalue weighted by atomic mass is 10.1. The molecule has 0 heterocycles. The SMILES string of the molecule is CC/C=C/C=C/C=C/C=C/CCCCCC(=O)OC(COC(=O)CCCCCCC/C=C/C=C/C=C/CC)COC(=O)CCCCCCCCC/C=C/CCCCCC. The zero-order chi connectivity index (χ0) is 43.0. The van der Waals surface area contributed by atoms with Crippen LogP contribution in [0.2, 0.25) is 0 Å². The van der Waals surface area contributed by atoms with Gasteiger partial charge in [0, 0.05) is 19.3 Å². The maximum absolute atomic E-state index is 12.7. The van der Waals surface area contributed by atoms with E-state index < -0.39 is 6.10 Å². The van der Waals surface area contributed by atoms with Crippen LogP contribution in [-0.2, 0) is 28.6 Å². The number of rotatable bonds is 41. The van der Waals surface area contributed by atoms with E-state index in [0.29, 0.717) is 19.3 Å². The number of ether oxygens (including phenoxy) is 3. The van der Waals surface area contributed by atoms with E-state index in [9.17, 15) is 14.4 Å². The van der Waals surface area contributed by atoms with Crippen LogP contribution >= 0.6 is 0 Å². The summed E-state index contributed by atoms with van der Waals surface area (Å²) in [6.07, 6.45) is 61.0. The molecule has 59 heavy (non-hydrogen) atoms. The molecule has 0 saturated carbocycles. The fourth-order valence-electron chi connectivity index (χ4n) is 6.15. The molecule has 0 bridgehead atoms. The first-order chi connectivity index (χ1) is 29.0. The summed E-state index contributed by atoms with van der Waals surface area (Å²) in [6, 6.07) is 0. The predicted molar refractivity (Wildman–Crippen MR) is 251 cm³/mol. The average Bonchev–Trinajstić information content (AvgIpc) is 3.23. The number of unbranched alkanes of at least 4 members (excludes halogenated alkanes) is 19. The highest BCUT2D eigenvalue weighted by Gasteiger charge is 2.19. The Morgan fingerprint density at radius 1 is 0.356 bits per heavy atom. The lowest BCUT2D eigenvalue weighted by Crippen LogP contribution is -2.30. The van der Waals surface area contributed by atoms with Crippen LogP contribution in [0, 0.1) is 0 Å². The van der Waals surface area contributed by atoms with Gasteiger partial charge in [0.25, 0.3) is 0 Å². The van der Waals surface area contributed by atoms with Gasteiger partial charge in [-0.05, 0) is 83.5 Å². The van der Waals surface area contributed by atoms with Gasteiger partial charge in [-0.2, -0.15) is 0 Å². The molecule has 1 atom stereocenters. The molecule has 0 saturated heterocycles. The van der Waals surface area contributed by atoms with E-state index in [1.54, 1.807) is 0 Å². The van der Waals surface area contributed by atoms with Crippen molar-refractivity contribution in [3.05, 3.63) is 97.2 Å². The fourth-order valence-corrected chi connectivity index (χ4v) is 6.15. The van der Waals surface area contributed by atoms with E-state index in [2.05, 4.69) is 75.5 Å². The molecule has 0 aliphatic rings. The average molecular weight is 819 g/mol. The summed E-state index contributed by atoms with van der Waals surface area (Å²) in [7, 11) is 0. The summed E-state index contributed by atoms with van der Waals surface area (Å²) in [6.45, 7) is 6.27. The summed E-state index contributed by atoms with van der Waals surface area (Å²) in [4.78, 5) is 37.8. The molecule has 0 rings (SSSR count). The molecule has 0 aliphatic carbocycles. The maximum Gasteiger partial charge on any atom is 0.306 e. The second kappa shape index (κ2) is 47.0. The Hall–Kier alpha value is -3.67. The Kier molecular flexibility index (Phi) is 44.1. The van der Waals surface area contributed by atoms with Crippen molar-refractivity contribution in [2.75, 3.05) is 13.2 Å². The largest absolute Gasteiger partial charge is 0.462 e. The van der Waals surface area contributed by atoms with E-state index in [1.807, 2.05) is 42.5 Å². The molecule has 1 unspecified atom stereocenters. The zero-order valence-electron chi connectivity index (χ0n) is 38.0. The van der Waals surface area contributed by atoms with Crippen molar-refractivity contribution in [1.82, 2.24) is 0 Å². The van der Waals surface area contributed by atoms with Crippen LogP contribution < -0.4 is 0 Å². The second-order valence-corrected chi connectivity index (χ2v) is 15.4. The number of hydrogen-bond donors (Lipinski definition) is 0. The van der Waals surface area contributed by atoms with Gasteiger partial charge in [0.05, 0.1) is 0 Å². The Bertz CT molecular complexity index is 1220. The minimum atomic E-state index is -0.807. The predicted octanol–water partition coefficient (Wildman–Crippen LogP) is 15.4. The van der Waals surface area contributed by atoms with Gasteiger partial charge in [-0.25, -0.2) is 0 Å². The number of hydrogen-bond acceptors (Lipinski definition) is 6. The van der Waals surface area contributed by atoms with Gasteiger partial charge in [0.1, 0.15) is 13.2 Å². The van der Waals surface area contributed by atoms with E-state index in [0.717, 1.165) is 89.9 Å². The van der Waals surface area contributed by atoms with Crippen LogP contribution in [0.15, 0.2) is 97.2 Å². The van der Waals surface area contributed by atoms with Crippen LogP contribution in [0.1, 0.15) is 201 Å². The van der Waals surface area contributed by atoms with Gasteiger partial charge in [-0.1, -0.05) is 195 Å². The highest BCUT2D eigenvalue weighted by molar-refractivity contribution is 5.71. The van der Waals surface area contributed by atoms with Crippen molar-refractivity contribution >= 4 is 17.9 Å². The quantitative estimate of drug-likeness (QED) is 0.0201. The highest BCUT2D eigenvalue weighted by atomic mass is 16.6. The van der Waals surface area contributed by atoms with Crippen LogP contribution in [0.3, 0.4) is 0 Å². The van der Waals surface area contributed by atoms with Crippen molar-refractivity contribution in [3.8, 4) is 0 Å². The molecule has 0 spiro atoms. The monoisotopic (exact) mass is 819 g/mol. The topological polar surface area (TPSA) is 78.9 Å². The Morgan fingerprint density at radius 2 is 0.678 bits per heavy atom. The van der Waals surface area contributed by atoms with Crippen molar-refractivity contribution in [1.29, 1.82) is 0 Å². The van der Waals surface area contributed by atoms with Crippen LogP contribution in [-0.4, -0.2) is 37.2 Å². The van der Waals surface area contributed by atoms with E-state index >= 15 is 0 Å². The zero-order valence-corrected chi connectivity index (χ0v) is 38.0. The van der Waals surface area contributed by atoms with Gasteiger partial charge in [0.15, 0.2) is 6.10 Å². The van der Waals surface area contributed by atoms with Gasteiger partial charge in [0.2, 0.25) is 0 Å². The highest BCUT2D eigenvalue weighted by Crippen LogP contribution is 2.13. The first-order valence-corrected chi connectivity index (χ1v) is 23.8. The minimum Gasteiger partial charge on any atom is -0.462 e. The van der Waals surface area contributed by atoms with E-state index in [4.69, 9.17) is 14.2 Å². The van der Waals surface area contributed by atoms with Crippen molar-refractivity contribution in [2.45, 2.75) is 207 Å². The van der Waals surface area contributed by atoms with Crippen LogP contribution in [0.5, 0.6) is 0 Å².